The number of carbonyl (C=O) groups excluding carboxylic acids is 1. The van der Waals surface area contributed by atoms with Crippen LogP contribution >= 0.6 is 11.3 Å². The first-order valence-electron chi connectivity index (χ1n) is 6.36. The highest BCUT2D eigenvalue weighted by atomic mass is 32.1. The SMILES string of the molecule is O=C(NCCCOCCO)c1cc2ccc(F)cc2s1. The summed E-state index contributed by atoms with van der Waals surface area (Å²) in [6, 6.07) is 6.24. The molecule has 1 aromatic heterocycles. The van der Waals surface area contributed by atoms with Gasteiger partial charge in [0.15, 0.2) is 0 Å². The van der Waals surface area contributed by atoms with Crippen LogP contribution in [0, 0.1) is 5.82 Å². The summed E-state index contributed by atoms with van der Waals surface area (Å²) in [7, 11) is 0. The van der Waals surface area contributed by atoms with Gasteiger partial charge in [-0.15, -0.1) is 11.3 Å². The first-order valence-corrected chi connectivity index (χ1v) is 7.18. The minimum Gasteiger partial charge on any atom is -0.394 e. The van der Waals surface area contributed by atoms with E-state index in [-0.39, 0.29) is 18.3 Å². The van der Waals surface area contributed by atoms with E-state index in [1.807, 2.05) is 0 Å². The number of hydrogen-bond acceptors (Lipinski definition) is 4. The molecule has 1 aromatic carbocycles. The van der Waals surface area contributed by atoms with E-state index in [1.54, 1.807) is 12.1 Å². The molecule has 108 valence electrons. The van der Waals surface area contributed by atoms with Crippen molar-refractivity contribution in [1.29, 1.82) is 0 Å². The van der Waals surface area contributed by atoms with Crippen LogP contribution in [-0.4, -0.2) is 37.4 Å². The summed E-state index contributed by atoms with van der Waals surface area (Å²) in [5.74, 6) is -0.457. The molecule has 0 spiro atoms. The van der Waals surface area contributed by atoms with Crippen molar-refractivity contribution in [2.45, 2.75) is 6.42 Å². The van der Waals surface area contributed by atoms with Crippen molar-refractivity contribution >= 4 is 27.3 Å². The lowest BCUT2D eigenvalue weighted by atomic mass is 10.2. The zero-order valence-corrected chi connectivity index (χ0v) is 11.7. The van der Waals surface area contributed by atoms with Gasteiger partial charge in [0.05, 0.1) is 18.1 Å². The molecule has 0 aliphatic carbocycles. The topological polar surface area (TPSA) is 58.6 Å². The number of aliphatic hydroxyl groups is 1. The Hall–Kier alpha value is -1.50. The molecular formula is C14H16FNO3S. The van der Waals surface area contributed by atoms with Gasteiger partial charge in [-0.2, -0.15) is 0 Å². The fraction of sp³-hybridized carbons (Fsp3) is 0.357. The van der Waals surface area contributed by atoms with E-state index >= 15 is 0 Å². The Labute approximate surface area is 120 Å². The van der Waals surface area contributed by atoms with Crippen LogP contribution in [0.15, 0.2) is 24.3 Å². The molecule has 0 fully saturated rings. The minimum absolute atomic E-state index is 0.00467. The number of carbonyl (C=O) groups is 1. The lowest BCUT2D eigenvalue weighted by Gasteiger charge is -2.03. The van der Waals surface area contributed by atoms with Crippen LogP contribution in [0.25, 0.3) is 10.1 Å². The quantitative estimate of drug-likeness (QED) is 0.770. The van der Waals surface area contributed by atoms with Crippen LogP contribution in [-0.2, 0) is 4.74 Å². The van der Waals surface area contributed by atoms with Crippen molar-refractivity contribution in [3.8, 4) is 0 Å². The van der Waals surface area contributed by atoms with Crippen molar-refractivity contribution in [2.75, 3.05) is 26.4 Å². The number of thiophene rings is 1. The Morgan fingerprint density at radius 2 is 2.20 bits per heavy atom. The molecule has 1 heterocycles. The number of halogens is 1. The first-order chi connectivity index (χ1) is 9.70. The smallest absolute Gasteiger partial charge is 0.261 e. The van der Waals surface area contributed by atoms with E-state index in [9.17, 15) is 9.18 Å². The molecule has 0 unspecified atom stereocenters. The summed E-state index contributed by atoms with van der Waals surface area (Å²) in [4.78, 5) is 12.5. The van der Waals surface area contributed by atoms with Crippen LogP contribution < -0.4 is 5.32 Å². The molecule has 1 amide bonds. The third kappa shape index (κ3) is 4.00. The van der Waals surface area contributed by atoms with Crippen molar-refractivity contribution in [1.82, 2.24) is 5.32 Å². The molecule has 20 heavy (non-hydrogen) atoms. The molecular weight excluding hydrogens is 281 g/mol. The Morgan fingerprint density at radius 3 is 3.00 bits per heavy atom. The lowest BCUT2D eigenvalue weighted by Crippen LogP contribution is -2.24. The molecule has 0 saturated heterocycles. The van der Waals surface area contributed by atoms with Gasteiger partial charge in [0, 0.05) is 17.9 Å². The molecule has 0 saturated carbocycles. The summed E-state index contributed by atoms with van der Waals surface area (Å²) in [6.45, 7) is 1.33. The Bertz CT molecular complexity index is 585. The molecule has 2 aromatic rings. The summed E-state index contributed by atoms with van der Waals surface area (Å²) >= 11 is 1.28. The number of hydrogen-bond donors (Lipinski definition) is 2. The van der Waals surface area contributed by atoms with Crippen LogP contribution in [0.2, 0.25) is 0 Å². The van der Waals surface area contributed by atoms with Crippen LogP contribution in [0.5, 0.6) is 0 Å². The fourth-order valence-electron chi connectivity index (χ4n) is 1.75. The second kappa shape index (κ2) is 7.33. The molecule has 0 atom stereocenters. The lowest BCUT2D eigenvalue weighted by molar-refractivity contribution is 0.0869. The van der Waals surface area contributed by atoms with Crippen molar-refractivity contribution < 1.29 is 19.0 Å². The number of ether oxygens (including phenoxy) is 1. The van der Waals surface area contributed by atoms with E-state index in [0.717, 1.165) is 10.1 Å². The number of aliphatic hydroxyl groups excluding tert-OH is 1. The second-order valence-electron chi connectivity index (χ2n) is 4.24. The maximum Gasteiger partial charge on any atom is 0.261 e. The average Bonchev–Trinajstić information content (AvgIpc) is 2.85. The van der Waals surface area contributed by atoms with Gasteiger partial charge in [0.1, 0.15) is 5.82 Å². The third-order valence-electron chi connectivity index (χ3n) is 2.69. The normalized spacial score (nSPS) is 10.9. The molecule has 0 radical (unpaired) electrons. The van der Waals surface area contributed by atoms with Crippen molar-refractivity contribution in [2.24, 2.45) is 0 Å². The number of rotatable bonds is 7. The molecule has 0 bridgehead atoms. The standard InChI is InChI=1S/C14H16FNO3S/c15-11-3-2-10-8-13(20-12(10)9-11)14(18)16-4-1-6-19-7-5-17/h2-3,8-9,17H,1,4-7H2,(H,16,18). The van der Waals surface area contributed by atoms with Gasteiger partial charge in [-0.3, -0.25) is 4.79 Å². The third-order valence-corrected chi connectivity index (χ3v) is 3.79. The number of fused-ring (bicyclic) bond motifs is 1. The summed E-state index contributed by atoms with van der Waals surface area (Å²) in [6.07, 6.45) is 0.686. The van der Waals surface area contributed by atoms with Gasteiger partial charge in [0.2, 0.25) is 0 Å². The maximum atomic E-state index is 13.1. The summed E-state index contributed by atoms with van der Waals surface area (Å²) in [5.41, 5.74) is 0. The highest BCUT2D eigenvalue weighted by molar-refractivity contribution is 7.20. The van der Waals surface area contributed by atoms with E-state index in [2.05, 4.69) is 5.32 Å². The van der Waals surface area contributed by atoms with Crippen molar-refractivity contribution in [3.63, 3.8) is 0 Å². The number of amides is 1. The maximum absolute atomic E-state index is 13.1. The highest BCUT2D eigenvalue weighted by Gasteiger charge is 2.10. The van der Waals surface area contributed by atoms with Crippen LogP contribution in [0.1, 0.15) is 16.1 Å². The Kier molecular flexibility index (Phi) is 5.46. The largest absolute Gasteiger partial charge is 0.394 e. The zero-order chi connectivity index (χ0) is 14.4. The van der Waals surface area contributed by atoms with Crippen LogP contribution in [0.4, 0.5) is 4.39 Å². The van der Waals surface area contributed by atoms with Crippen LogP contribution in [0.3, 0.4) is 0 Å². The monoisotopic (exact) mass is 297 g/mol. The second-order valence-corrected chi connectivity index (χ2v) is 5.32. The van der Waals surface area contributed by atoms with E-state index < -0.39 is 0 Å². The molecule has 2 rings (SSSR count). The van der Waals surface area contributed by atoms with Crippen molar-refractivity contribution in [3.05, 3.63) is 35.0 Å². The number of benzene rings is 1. The average molecular weight is 297 g/mol. The Morgan fingerprint density at radius 1 is 1.35 bits per heavy atom. The summed E-state index contributed by atoms with van der Waals surface area (Å²) in [5, 5.41) is 12.2. The predicted molar refractivity (Wildman–Crippen MR) is 76.6 cm³/mol. The van der Waals surface area contributed by atoms with Gasteiger partial charge < -0.3 is 15.2 Å². The molecule has 6 heteroatoms. The van der Waals surface area contributed by atoms with Gasteiger partial charge in [-0.1, -0.05) is 6.07 Å². The van der Waals surface area contributed by atoms with E-state index in [0.29, 0.717) is 31.1 Å². The fourth-order valence-corrected chi connectivity index (χ4v) is 2.75. The van der Waals surface area contributed by atoms with E-state index in [1.165, 1.54) is 23.5 Å². The highest BCUT2D eigenvalue weighted by Crippen LogP contribution is 2.26. The van der Waals surface area contributed by atoms with Gasteiger partial charge >= 0.3 is 0 Å². The van der Waals surface area contributed by atoms with Gasteiger partial charge in [-0.05, 0) is 30.0 Å². The number of nitrogens with one attached hydrogen (secondary N) is 1. The molecule has 0 aliphatic rings. The zero-order valence-electron chi connectivity index (χ0n) is 10.9. The first kappa shape index (κ1) is 14.9. The molecule has 2 N–H and O–H groups in total. The van der Waals surface area contributed by atoms with Gasteiger partial charge in [-0.25, -0.2) is 4.39 Å². The van der Waals surface area contributed by atoms with Gasteiger partial charge in [0.25, 0.3) is 5.91 Å². The molecule has 4 nitrogen and oxygen atoms in total. The molecule has 0 aliphatic heterocycles. The predicted octanol–water partition coefficient (Wildman–Crippen LogP) is 2.17. The summed E-state index contributed by atoms with van der Waals surface area (Å²) < 4.78 is 18.9. The minimum atomic E-state index is -0.299. The van der Waals surface area contributed by atoms with E-state index in [4.69, 9.17) is 9.84 Å². The Balaban J connectivity index is 1.85.